The van der Waals surface area contributed by atoms with Crippen molar-refractivity contribution in [3.63, 3.8) is 0 Å². The molecule has 5 nitrogen and oxygen atoms in total. The lowest BCUT2D eigenvalue weighted by Crippen LogP contribution is -2.52. The molecule has 6 rings (SSSR count). The maximum Gasteiger partial charge on any atom is 0.158 e. The van der Waals surface area contributed by atoms with E-state index in [4.69, 9.17) is 0 Å². The monoisotopic (exact) mass is 449 g/mol. The summed E-state index contributed by atoms with van der Waals surface area (Å²) >= 11 is 0. The van der Waals surface area contributed by atoms with Crippen LogP contribution in [0.1, 0.15) is 77.0 Å². The van der Waals surface area contributed by atoms with Crippen LogP contribution in [0.15, 0.2) is 6.20 Å². The van der Waals surface area contributed by atoms with Crippen LogP contribution in [0.2, 0.25) is 0 Å². The number of nitrogens with zero attached hydrogens (tertiary/aromatic N) is 3. The van der Waals surface area contributed by atoms with Crippen molar-refractivity contribution in [3.8, 4) is 6.07 Å². The predicted octanol–water partition coefficient (Wildman–Crippen LogP) is 4.75. The first-order valence-corrected chi connectivity index (χ1v) is 13.3. The first-order valence-electron chi connectivity index (χ1n) is 13.3. The van der Waals surface area contributed by atoms with Crippen LogP contribution in [0.25, 0.3) is 0 Å². The summed E-state index contributed by atoms with van der Waals surface area (Å²) in [6.45, 7) is 9.08. The minimum absolute atomic E-state index is 0.117. The summed E-state index contributed by atoms with van der Waals surface area (Å²) in [6, 6.07) is 2.18. The zero-order chi connectivity index (χ0) is 23.3. The Hall–Kier alpha value is -1.67. The van der Waals surface area contributed by atoms with Crippen LogP contribution in [0.4, 0.5) is 0 Å². The number of fused-ring (bicyclic) bond motifs is 7. The molecule has 0 radical (unpaired) electrons. The third kappa shape index (κ3) is 3.05. The molecule has 1 heterocycles. The SMILES string of the molecule is Cc1c(C#N)cnn1CC(=O)[C@H]1C2C(C)C2[C@H]2[C@@H]3CC[C@@H]4C[C@](C)(O)CC[C@@H]4[C@H]3CC[C@]12C. The number of nitriles is 1. The normalized spacial score (nSPS) is 49.9. The van der Waals surface area contributed by atoms with Gasteiger partial charge in [0.25, 0.3) is 0 Å². The average Bonchev–Trinajstić information content (AvgIpc) is 3.11. The van der Waals surface area contributed by atoms with Gasteiger partial charge in [0.2, 0.25) is 0 Å². The largest absolute Gasteiger partial charge is 0.390 e. The van der Waals surface area contributed by atoms with Crippen LogP contribution in [0, 0.1) is 76.9 Å². The predicted molar refractivity (Wildman–Crippen MR) is 125 cm³/mol. The molecule has 5 fully saturated rings. The van der Waals surface area contributed by atoms with E-state index in [9.17, 15) is 15.2 Å². The van der Waals surface area contributed by atoms with Crippen molar-refractivity contribution in [2.75, 3.05) is 0 Å². The second-order valence-corrected chi connectivity index (χ2v) is 13.0. The number of Topliss-reactive ketones (excluding diaryl/α,β-unsaturated/α-hetero) is 1. The Morgan fingerprint density at radius 2 is 1.94 bits per heavy atom. The topological polar surface area (TPSA) is 78.9 Å². The van der Waals surface area contributed by atoms with E-state index in [1.54, 1.807) is 10.9 Å². The molecule has 0 amide bonds. The summed E-state index contributed by atoms with van der Waals surface area (Å²) in [6.07, 6.45) is 9.72. The van der Waals surface area contributed by atoms with E-state index in [2.05, 4.69) is 25.0 Å². The van der Waals surface area contributed by atoms with Gasteiger partial charge in [-0.25, -0.2) is 0 Å². The number of ketones is 1. The van der Waals surface area contributed by atoms with Gasteiger partial charge in [0.1, 0.15) is 12.6 Å². The molecule has 1 N–H and O–H groups in total. The molecule has 1 aromatic heterocycles. The van der Waals surface area contributed by atoms with E-state index >= 15 is 0 Å². The molecule has 5 aliphatic carbocycles. The number of aromatic nitrogens is 2. The number of rotatable bonds is 3. The standard InChI is InChI=1S/C28H39N3O2/c1-15-23-24(15)26(22(32)14-31-16(2)18(12-29)13-30-31)28(4)10-8-20-19-7-9-27(3,33)11-17(19)5-6-21(20)25(23)28/h13,15,17,19-21,23-26,33H,5-11,14H2,1-4H3/t15?,17-,19+,20-,21-,23?,24?,25-,26+,27-,28+/m1/s1. The van der Waals surface area contributed by atoms with Gasteiger partial charge in [0, 0.05) is 5.92 Å². The van der Waals surface area contributed by atoms with E-state index in [1.165, 1.54) is 32.1 Å². The molecule has 0 bridgehead atoms. The van der Waals surface area contributed by atoms with Gasteiger partial charge in [-0.15, -0.1) is 0 Å². The fourth-order valence-electron chi connectivity index (χ4n) is 10.0. The maximum absolute atomic E-state index is 13.8. The third-order valence-electron chi connectivity index (χ3n) is 11.4. The molecule has 5 saturated carbocycles. The van der Waals surface area contributed by atoms with Crippen molar-refractivity contribution < 1.29 is 9.90 Å². The van der Waals surface area contributed by atoms with Gasteiger partial charge >= 0.3 is 0 Å². The molecule has 5 heteroatoms. The van der Waals surface area contributed by atoms with Gasteiger partial charge in [-0.05, 0) is 112 Å². The summed E-state index contributed by atoms with van der Waals surface area (Å²) < 4.78 is 1.75. The second kappa shape index (κ2) is 7.17. The van der Waals surface area contributed by atoms with Crippen molar-refractivity contribution >= 4 is 5.78 Å². The van der Waals surface area contributed by atoms with Crippen molar-refractivity contribution in [2.45, 2.75) is 84.8 Å². The first kappa shape index (κ1) is 21.8. The van der Waals surface area contributed by atoms with Crippen molar-refractivity contribution in [1.82, 2.24) is 9.78 Å². The highest BCUT2D eigenvalue weighted by Gasteiger charge is 2.73. The van der Waals surface area contributed by atoms with Gasteiger partial charge in [0.05, 0.1) is 23.1 Å². The van der Waals surface area contributed by atoms with Gasteiger partial charge in [-0.3, -0.25) is 9.48 Å². The number of hydrogen-bond donors (Lipinski definition) is 1. The number of carbonyl (C=O) groups excluding carboxylic acids is 1. The van der Waals surface area contributed by atoms with Crippen LogP contribution in [-0.4, -0.2) is 26.3 Å². The summed E-state index contributed by atoms with van der Waals surface area (Å²) in [7, 11) is 0. The highest BCUT2D eigenvalue weighted by molar-refractivity contribution is 5.83. The molecule has 178 valence electrons. The molecule has 0 aliphatic heterocycles. The molecular weight excluding hydrogens is 410 g/mol. The van der Waals surface area contributed by atoms with E-state index in [1.807, 2.05) is 13.8 Å². The van der Waals surface area contributed by atoms with Crippen molar-refractivity contribution in [2.24, 2.45) is 58.7 Å². The zero-order valence-corrected chi connectivity index (χ0v) is 20.6. The molecule has 11 atom stereocenters. The average molecular weight is 450 g/mol. The van der Waals surface area contributed by atoms with Gasteiger partial charge in [-0.1, -0.05) is 13.8 Å². The number of hydrogen-bond acceptors (Lipinski definition) is 4. The Morgan fingerprint density at radius 1 is 1.18 bits per heavy atom. The lowest BCUT2D eigenvalue weighted by atomic mass is 9.47. The molecular formula is C28H39N3O2. The smallest absolute Gasteiger partial charge is 0.158 e. The van der Waals surface area contributed by atoms with Gasteiger partial charge < -0.3 is 5.11 Å². The fourth-order valence-corrected chi connectivity index (χ4v) is 10.0. The highest BCUT2D eigenvalue weighted by Crippen LogP contribution is 2.76. The molecule has 33 heavy (non-hydrogen) atoms. The van der Waals surface area contributed by atoms with E-state index in [-0.39, 0.29) is 11.3 Å². The quantitative estimate of drug-likeness (QED) is 0.722. The Labute approximate surface area is 197 Å². The highest BCUT2D eigenvalue weighted by atomic mass is 16.3. The molecule has 0 saturated heterocycles. The second-order valence-electron chi connectivity index (χ2n) is 13.0. The van der Waals surface area contributed by atoms with Crippen LogP contribution in [0.5, 0.6) is 0 Å². The summed E-state index contributed by atoms with van der Waals surface area (Å²) in [5.41, 5.74) is 1.03. The molecule has 5 aliphatic rings. The zero-order valence-electron chi connectivity index (χ0n) is 20.6. The first-order chi connectivity index (χ1) is 15.7. The summed E-state index contributed by atoms with van der Waals surface area (Å²) in [5, 5.41) is 24.3. The fraction of sp³-hybridized carbons (Fsp3) is 0.821. The number of carbonyl (C=O) groups is 1. The minimum Gasteiger partial charge on any atom is -0.390 e. The van der Waals surface area contributed by atoms with Gasteiger partial charge in [0.15, 0.2) is 5.78 Å². The molecule has 3 unspecified atom stereocenters. The Balaban J connectivity index is 1.26. The van der Waals surface area contributed by atoms with Crippen LogP contribution in [-0.2, 0) is 11.3 Å². The lowest BCUT2D eigenvalue weighted by Gasteiger charge is -2.58. The Morgan fingerprint density at radius 3 is 2.67 bits per heavy atom. The van der Waals surface area contributed by atoms with Crippen molar-refractivity contribution in [1.29, 1.82) is 5.26 Å². The van der Waals surface area contributed by atoms with E-state index in [0.717, 1.165) is 36.3 Å². The molecule has 0 aromatic carbocycles. The van der Waals surface area contributed by atoms with E-state index < -0.39 is 5.60 Å². The molecule has 0 spiro atoms. The lowest BCUT2D eigenvalue weighted by molar-refractivity contribution is -0.137. The van der Waals surface area contributed by atoms with Crippen LogP contribution in [0.3, 0.4) is 0 Å². The summed E-state index contributed by atoms with van der Waals surface area (Å²) in [5.74, 6) is 6.13. The van der Waals surface area contributed by atoms with Crippen molar-refractivity contribution in [3.05, 3.63) is 17.5 Å². The minimum atomic E-state index is -0.464. The maximum atomic E-state index is 13.8. The molecule has 1 aromatic rings. The third-order valence-corrected chi connectivity index (χ3v) is 11.4. The van der Waals surface area contributed by atoms with Gasteiger partial charge in [-0.2, -0.15) is 10.4 Å². The Kier molecular flexibility index (Phi) is 4.74. The summed E-state index contributed by atoms with van der Waals surface area (Å²) in [4.78, 5) is 13.8. The van der Waals surface area contributed by atoms with Crippen LogP contribution < -0.4 is 0 Å². The Bertz CT molecular complexity index is 1020. The number of aliphatic hydroxyl groups is 1. The van der Waals surface area contributed by atoms with E-state index in [0.29, 0.717) is 47.5 Å². The van der Waals surface area contributed by atoms with Crippen LogP contribution >= 0.6 is 0 Å².